The lowest BCUT2D eigenvalue weighted by Crippen LogP contribution is -2.39. The van der Waals surface area contributed by atoms with Crippen LogP contribution in [0.15, 0.2) is 40.8 Å². The molecule has 0 aliphatic carbocycles. The van der Waals surface area contributed by atoms with Crippen molar-refractivity contribution in [3.05, 3.63) is 52.9 Å². The minimum Gasteiger partial charge on any atom is -0.486 e. The summed E-state index contributed by atoms with van der Waals surface area (Å²) >= 11 is 6.40. The number of oxazole rings is 1. The van der Waals surface area contributed by atoms with Gasteiger partial charge in [-0.05, 0) is 32.2 Å². The van der Waals surface area contributed by atoms with E-state index in [0.717, 1.165) is 23.0 Å². The molecule has 0 N–H and O–H groups in total. The molecule has 1 aromatic heterocycles. The lowest BCUT2D eigenvalue weighted by atomic mass is 10.2. The maximum absolute atomic E-state index is 6.40. The summed E-state index contributed by atoms with van der Waals surface area (Å²) in [4.78, 5) is 6.81. The first kappa shape index (κ1) is 19.1. The SMILES string of the molecule is Cc1oc(-c2cc3c(cc2Cl)OCO3)nc1CN(C)CC1COc2ccccc2O1. The van der Waals surface area contributed by atoms with Crippen LogP contribution in [0.1, 0.15) is 11.5 Å². The molecule has 30 heavy (non-hydrogen) atoms. The summed E-state index contributed by atoms with van der Waals surface area (Å²) < 4.78 is 28.6. The Morgan fingerprint density at radius 2 is 1.83 bits per heavy atom. The van der Waals surface area contributed by atoms with Crippen LogP contribution in [-0.4, -0.2) is 43.0 Å². The Morgan fingerprint density at radius 1 is 1.07 bits per heavy atom. The Bertz CT molecular complexity index is 1080. The quantitative estimate of drug-likeness (QED) is 0.600. The van der Waals surface area contributed by atoms with Crippen LogP contribution in [0.4, 0.5) is 0 Å². The van der Waals surface area contributed by atoms with E-state index in [1.807, 2.05) is 38.2 Å². The first-order chi connectivity index (χ1) is 14.6. The zero-order valence-corrected chi connectivity index (χ0v) is 17.4. The molecule has 3 heterocycles. The van der Waals surface area contributed by atoms with Crippen LogP contribution in [0, 0.1) is 6.92 Å². The topological polar surface area (TPSA) is 66.2 Å². The van der Waals surface area contributed by atoms with Crippen molar-refractivity contribution in [1.82, 2.24) is 9.88 Å². The van der Waals surface area contributed by atoms with Crippen molar-refractivity contribution in [2.24, 2.45) is 0 Å². The van der Waals surface area contributed by atoms with Crippen molar-refractivity contribution >= 4 is 11.6 Å². The Kier molecular flexibility index (Phi) is 4.92. The molecular weight excluding hydrogens is 408 g/mol. The zero-order valence-electron chi connectivity index (χ0n) is 16.7. The number of ether oxygens (including phenoxy) is 4. The molecule has 156 valence electrons. The summed E-state index contributed by atoms with van der Waals surface area (Å²) in [6, 6.07) is 11.2. The van der Waals surface area contributed by atoms with E-state index in [-0.39, 0.29) is 12.9 Å². The van der Waals surface area contributed by atoms with Crippen molar-refractivity contribution in [2.45, 2.75) is 19.6 Å². The zero-order chi connectivity index (χ0) is 20.7. The molecule has 2 aliphatic rings. The summed E-state index contributed by atoms with van der Waals surface area (Å²) in [6.45, 7) is 3.90. The lowest BCUT2D eigenvalue weighted by molar-refractivity contribution is 0.0634. The second-order valence-electron chi connectivity index (χ2n) is 7.40. The molecule has 2 aliphatic heterocycles. The number of aryl methyl sites for hydroxylation is 1. The monoisotopic (exact) mass is 428 g/mol. The number of halogens is 1. The lowest BCUT2D eigenvalue weighted by Gasteiger charge is -2.29. The number of aromatic nitrogens is 1. The van der Waals surface area contributed by atoms with E-state index in [2.05, 4.69) is 9.88 Å². The Labute approximate surface area is 179 Å². The highest BCUT2D eigenvalue weighted by atomic mass is 35.5. The smallest absolute Gasteiger partial charge is 0.231 e. The van der Waals surface area contributed by atoms with Gasteiger partial charge in [0.1, 0.15) is 18.5 Å². The van der Waals surface area contributed by atoms with Gasteiger partial charge in [0.25, 0.3) is 0 Å². The average Bonchev–Trinajstić information content (AvgIpc) is 3.33. The van der Waals surface area contributed by atoms with Crippen molar-refractivity contribution < 1.29 is 23.4 Å². The van der Waals surface area contributed by atoms with Crippen LogP contribution in [-0.2, 0) is 6.54 Å². The average molecular weight is 429 g/mol. The van der Waals surface area contributed by atoms with E-state index in [1.165, 1.54) is 0 Å². The molecule has 0 amide bonds. The number of nitrogens with zero attached hydrogens (tertiary/aromatic N) is 2. The van der Waals surface area contributed by atoms with Gasteiger partial charge in [-0.1, -0.05) is 23.7 Å². The fourth-order valence-corrected chi connectivity index (χ4v) is 3.83. The highest BCUT2D eigenvalue weighted by Gasteiger charge is 2.24. The molecule has 0 saturated carbocycles. The number of para-hydroxylation sites is 2. The summed E-state index contributed by atoms with van der Waals surface area (Å²) in [6.07, 6.45) is -0.0557. The van der Waals surface area contributed by atoms with Gasteiger partial charge in [-0.15, -0.1) is 0 Å². The van der Waals surface area contributed by atoms with Gasteiger partial charge >= 0.3 is 0 Å². The van der Waals surface area contributed by atoms with Gasteiger partial charge in [0.2, 0.25) is 12.7 Å². The van der Waals surface area contributed by atoms with Gasteiger partial charge < -0.3 is 23.4 Å². The molecule has 0 bridgehead atoms. The first-order valence-corrected chi connectivity index (χ1v) is 10.1. The standard InChI is InChI=1S/C22H21ClN2O5/c1-13-17(10-25(2)9-14-11-26-18-5-3-4-6-19(18)30-14)24-22(29-13)15-7-20-21(8-16(15)23)28-12-27-20/h3-8,14H,9-12H2,1-2H3. The van der Waals surface area contributed by atoms with E-state index >= 15 is 0 Å². The predicted octanol–water partition coefficient (Wildman–Crippen LogP) is 4.30. The molecule has 8 heteroatoms. The summed E-state index contributed by atoms with van der Waals surface area (Å²) in [5.41, 5.74) is 1.52. The van der Waals surface area contributed by atoms with Gasteiger partial charge in [-0.3, -0.25) is 4.90 Å². The highest BCUT2D eigenvalue weighted by Crippen LogP contribution is 2.41. The molecule has 3 aromatic rings. The first-order valence-electron chi connectivity index (χ1n) is 9.69. The van der Waals surface area contributed by atoms with Gasteiger partial charge in [0, 0.05) is 19.2 Å². The van der Waals surface area contributed by atoms with E-state index in [9.17, 15) is 0 Å². The van der Waals surface area contributed by atoms with Crippen molar-refractivity contribution in [3.63, 3.8) is 0 Å². The van der Waals surface area contributed by atoms with Crippen molar-refractivity contribution in [1.29, 1.82) is 0 Å². The minimum absolute atomic E-state index is 0.0557. The third-order valence-electron chi connectivity index (χ3n) is 5.09. The third kappa shape index (κ3) is 3.66. The van der Waals surface area contributed by atoms with Crippen LogP contribution in [0.3, 0.4) is 0 Å². The number of fused-ring (bicyclic) bond motifs is 2. The number of rotatable bonds is 5. The fourth-order valence-electron chi connectivity index (χ4n) is 3.59. The number of hydrogen-bond acceptors (Lipinski definition) is 7. The van der Waals surface area contributed by atoms with E-state index in [0.29, 0.717) is 47.7 Å². The predicted molar refractivity (Wildman–Crippen MR) is 110 cm³/mol. The minimum atomic E-state index is -0.0557. The molecule has 1 unspecified atom stereocenters. The van der Waals surface area contributed by atoms with Gasteiger partial charge in [0.15, 0.2) is 23.0 Å². The molecule has 0 spiro atoms. The maximum atomic E-state index is 6.40. The Morgan fingerprint density at radius 3 is 2.67 bits per heavy atom. The van der Waals surface area contributed by atoms with Crippen LogP contribution in [0.5, 0.6) is 23.0 Å². The Balaban J connectivity index is 1.28. The van der Waals surface area contributed by atoms with Crippen LogP contribution in [0.2, 0.25) is 5.02 Å². The summed E-state index contributed by atoms with van der Waals surface area (Å²) in [5, 5.41) is 0.506. The van der Waals surface area contributed by atoms with E-state index in [4.69, 9.17) is 35.0 Å². The molecule has 7 nitrogen and oxygen atoms in total. The second kappa shape index (κ2) is 7.74. The van der Waals surface area contributed by atoms with Crippen LogP contribution < -0.4 is 18.9 Å². The number of benzene rings is 2. The molecule has 0 fully saturated rings. The molecule has 0 saturated heterocycles. The molecule has 1 atom stereocenters. The normalized spacial score (nSPS) is 16.9. The molecule has 2 aromatic carbocycles. The number of hydrogen-bond donors (Lipinski definition) is 0. The van der Waals surface area contributed by atoms with Gasteiger partial charge in [0.05, 0.1) is 16.3 Å². The molecule has 5 rings (SSSR count). The van der Waals surface area contributed by atoms with Gasteiger partial charge in [-0.25, -0.2) is 4.98 Å². The second-order valence-corrected chi connectivity index (χ2v) is 7.81. The van der Waals surface area contributed by atoms with E-state index in [1.54, 1.807) is 12.1 Å². The maximum Gasteiger partial charge on any atom is 0.231 e. The summed E-state index contributed by atoms with van der Waals surface area (Å²) in [7, 11) is 2.02. The third-order valence-corrected chi connectivity index (χ3v) is 5.40. The Hall–Kier alpha value is -2.90. The van der Waals surface area contributed by atoms with Gasteiger partial charge in [-0.2, -0.15) is 0 Å². The number of likely N-dealkylation sites (N-methyl/N-ethyl adjacent to an activating group) is 1. The van der Waals surface area contributed by atoms with Crippen molar-refractivity contribution in [3.8, 4) is 34.5 Å². The highest BCUT2D eigenvalue weighted by molar-refractivity contribution is 6.33. The summed E-state index contributed by atoms with van der Waals surface area (Å²) in [5.74, 6) is 4.04. The largest absolute Gasteiger partial charge is 0.486 e. The van der Waals surface area contributed by atoms with E-state index < -0.39 is 0 Å². The van der Waals surface area contributed by atoms with Crippen molar-refractivity contribution in [2.75, 3.05) is 27.0 Å². The van der Waals surface area contributed by atoms with Crippen LogP contribution in [0.25, 0.3) is 11.5 Å². The molecular formula is C22H21ClN2O5. The van der Waals surface area contributed by atoms with Crippen LogP contribution >= 0.6 is 11.6 Å². The molecule has 0 radical (unpaired) electrons. The fraction of sp³-hybridized carbons (Fsp3) is 0.318.